The lowest BCUT2D eigenvalue weighted by atomic mass is 9.98. The smallest absolute Gasteiger partial charge is 0.276 e. The Hall–Kier alpha value is -4.59. The molecule has 2 N–H and O–H groups in total. The number of rotatable bonds is 5. The maximum Gasteiger partial charge on any atom is 0.276 e. The average molecular weight is 456 g/mol. The number of aromatic nitrogens is 3. The largest absolute Gasteiger partial charge is 0.439 e. The Morgan fingerprint density at radius 2 is 1.82 bits per heavy atom. The van der Waals surface area contributed by atoms with Gasteiger partial charge < -0.3 is 10.1 Å². The van der Waals surface area contributed by atoms with Crippen molar-refractivity contribution in [3.63, 3.8) is 0 Å². The number of hydrogen-bond donors (Lipinski definition) is 2. The highest BCUT2D eigenvalue weighted by Crippen LogP contribution is 2.29. The minimum Gasteiger partial charge on any atom is -0.439 e. The minimum absolute atomic E-state index is 0.206. The summed E-state index contributed by atoms with van der Waals surface area (Å²) in [5.41, 5.74) is 3.40. The van der Waals surface area contributed by atoms with Crippen molar-refractivity contribution in [2.24, 2.45) is 0 Å². The van der Waals surface area contributed by atoms with Gasteiger partial charge in [-0.1, -0.05) is 18.2 Å². The molecule has 0 bridgehead atoms. The number of benzene rings is 3. The molecule has 34 heavy (non-hydrogen) atoms. The number of H-pyrrole nitrogens is 1. The summed E-state index contributed by atoms with van der Waals surface area (Å²) in [7, 11) is 0. The molecule has 0 aliphatic rings. The van der Waals surface area contributed by atoms with Crippen molar-refractivity contribution in [2.75, 3.05) is 5.32 Å². The molecule has 3 aromatic carbocycles. The SMILES string of the molecule is Cc1c(F)cccc1-c1ccc2[nH]nc(C(=O)Nc3ccc(Oc4ccc(F)cc4)nc3)c2c1. The van der Waals surface area contributed by atoms with E-state index < -0.39 is 5.91 Å². The molecule has 0 unspecified atom stereocenters. The summed E-state index contributed by atoms with van der Waals surface area (Å²) < 4.78 is 32.6. The van der Waals surface area contributed by atoms with Crippen LogP contribution >= 0.6 is 0 Å². The second-order valence-corrected chi connectivity index (χ2v) is 7.64. The van der Waals surface area contributed by atoms with E-state index in [1.807, 2.05) is 24.3 Å². The van der Waals surface area contributed by atoms with Gasteiger partial charge in [-0.2, -0.15) is 5.10 Å². The van der Waals surface area contributed by atoms with E-state index >= 15 is 0 Å². The number of aromatic amines is 1. The Morgan fingerprint density at radius 1 is 1.00 bits per heavy atom. The van der Waals surface area contributed by atoms with Crippen LogP contribution in [0, 0.1) is 18.6 Å². The number of ether oxygens (including phenoxy) is 1. The van der Waals surface area contributed by atoms with E-state index in [1.54, 1.807) is 25.1 Å². The fourth-order valence-corrected chi connectivity index (χ4v) is 3.60. The average Bonchev–Trinajstić information content (AvgIpc) is 3.27. The predicted octanol–water partition coefficient (Wildman–Crippen LogP) is 6.26. The highest BCUT2D eigenvalue weighted by molar-refractivity contribution is 6.11. The molecular formula is C26H18F2N4O2. The van der Waals surface area contributed by atoms with Crippen molar-refractivity contribution in [1.29, 1.82) is 0 Å². The first-order valence-electron chi connectivity index (χ1n) is 10.4. The van der Waals surface area contributed by atoms with Gasteiger partial charge in [0.15, 0.2) is 5.69 Å². The van der Waals surface area contributed by atoms with Crippen LogP contribution in [-0.4, -0.2) is 21.1 Å². The van der Waals surface area contributed by atoms with Gasteiger partial charge in [-0.05, 0) is 72.1 Å². The standard InChI is InChI=1S/C26H18F2N4O2/c1-15-20(3-2-4-22(15)28)16-5-11-23-21(13-16)25(32-31-23)26(33)30-18-8-12-24(29-14-18)34-19-9-6-17(27)7-10-19/h2-14H,1H3,(H,30,33)(H,31,32). The van der Waals surface area contributed by atoms with Crippen LogP contribution in [0.4, 0.5) is 14.5 Å². The van der Waals surface area contributed by atoms with Crippen molar-refractivity contribution in [3.8, 4) is 22.8 Å². The molecule has 8 heteroatoms. The zero-order valence-electron chi connectivity index (χ0n) is 18.0. The molecule has 2 heterocycles. The van der Waals surface area contributed by atoms with Gasteiger partial charge in [0.05, 0.1) is 17.4 Å². The zero-order valence-corrected chi connectivity index (χ0v) is 18.0. The molecule has 0 saturated carbocycles. The molecule has 0 radical (unpaired) electrons. The van der Waals surface area contributed by atoms with Crippen molar-refractivity contribution < 1.29 is 18.3 Å². The zero-order chi connectivity index (χ0) is 23.7. The van der Waals surface area contributed by atoms with Crippen molar-refractivity contribution in [2.45, 2.75) is 6.92 Å². The first-order valence-corrected chi connectivity index (χ1v) is 10.4. The molecule has 0 atom stereocenters. The van der Waals surface area contributed by atoms with E-state index in [-0.39, 0.29) is 17.3 Å². The highest BCUT2D eigenvalue weighted by Gasteiger charge is 2.16. The molecule has 0 spiro atoms. The molecule has 5 aromatic rings. The van der Waals surface area contributed by atoms with Crippen molar-refractivity contribution in [3.05, 3.63) is 102 Å². The fraction of sp³-hybridized carbons (Fsp3) is 0.0385. The summed E-state index contributed by atoms with van der Waals surface area (Å²) in [4.78, 5) is 17.1. The van der Waals surface area contributed by atoms with E-state index in [0.29, 0.717) is 33.8 Å². The Bertz CT molecular complexity index is 1500. The number of anilines is 1. The topological polar surface area (TPSA) is 79.9 Å². The number of hydrogen-bond acceptors (Lipinski definition) is 4. The van der Waals surface area contributed by atoms with Crippen LogP contribution in [0.25, 0.3) is 22.0 Å². The van der Waals surface area contributed by atoms with Gasteiger partial charge in [0.1, 0.15) is 17.4 Å². The van der Waals surface area contributed by atoms with Crippen LogP contribution in [0.1, 0.15) is 16.1 Å². The molecule has 2 aromatic heterocycles. The van der Waals surface area contributed by atoms with Gasteiger partial charge in [0.25, 0.3) is 5.91 Å². The van der Waals surface area contributed by atoms with Crippen LogP contribution in [0.5, 0.6) is 11.6 Å². The van der Waals surface area contributed by atoms with Crippen LogP contribution < -0.4 is 10.1 Å². The second kappa shape index (κ2) is 8.74. The maximum atomic E-state index is 14.0. The Balaban J connectivity index is 1.36. The predicted molar refractivity (Wildman–Crippen MR) is 125 cm³/mol. The number of amides is 1. The molecule has 5 rings (SSSR count). The number of nitrogens with zero attached hydrogens (tertiary/aromatic N) is 2. The normalized spacial score (nSPS) is 10.9. The molecule has 0 aliphatic heterocycles. The fourth-order valence-electron chi connectivity index (χ4n) is 3.60. The van der Waals surface area contributed by atoms with Crippen LogP contribution in [-0.2, 0) is 0 Å². The maximum absolute atomic E-state index is 14.0. The number of fused-ring (bicyclic) bond motifs is 1. The van der Waals surface area contributed by atoms with E-state index in [9.17, 15) is 13.6 Å². The monoisotopic (exact) mass is 456 g/mol. The van der Waals surface area contributed by atoms with E-state index in [4.69, 9.17) is 4.74 Å². The Labute approximate surface area is 193 Å². The summed E-state index contributed by atoms with van der Waals surface area (Å²) in [6.07, 6.45) is 1.45. The Morgan fingerprint density at radius 3 is 2.59 bits per heavy atom. The minimum atomic E-state index is -0.423. The third-order valence-electron chi connectivity index (χ3n) is 5.39. The van der Waals surface area contributed by atoms with Gasteiger partial charge >= 0.3 is 0 Å². The van der Waals surface area contributed by atoms with Crippen molar-refractivity contribution in [1.82, 2.24) is 15.2 Å². The first kappa shape index (κ1) is 21.3. The lowest BCUT2D eigenvalue weighted by molar-refractivity contribution is 0.102. The summed E-state index contributed by atoms with van der Waals surface area (Å²) in [5.74, 6) is -0.333. The van der Waals surface area contributed by atoms with Gasteiger partial charge in [-0.3, -0.25) is 9.89 Å². The molecule has 0 saturated heterocycles. The number of halogens is 2. The molecule has 168 valence electrons. The van der Waals surface area contributed by atoms with Crippen LogP contribution in [0.3, 0.4) is 0 Å². The summed E-state index contributed by atoms with van der Waals surface area (Å²) in [5, 5.41) is 10.4. The van der Waals surface area contributed by atoms with Gasteiger partial charge in [0, 0.05) is 11.5 Å². The lowest BCUT2D eigenvalue weighted by Crippen LogP contribution is -2.13. The van der Waals surface area contributed by atoms with Crippen LogP contribution in [0.15, 0.2) is 79.0 Å². The van der Waals surface area contributed by atoms with E-state index in [0.717, 1.165) is 11.1 Å². The molecule has 6 nitrogen and oxygen atoms in total. The number of carbonyl (C=O) groups excluding carboxylic acids is 1. The molecule has 0 aliphatic carbocycles. The summed E-state index contributed by atoms with van der Waals surface area (Å²) in [6, 6.07) is 19.2. The molecular weight excluding hydrogens is 438 g/mol. The van der Waals surface area contributed by atoms with Gasteiger partial charge in [0.2, 0.25) is 5.88 Å². The quantitative estimate of drug-likeness (QED) is 0.327. The summed E-state index contributed by atoms with van der Waals surface area (Å²) in [6.45, 7) is 1.72. The number of carbonyl (C=O) groups is 1. The lowest BCUT2D eigenvalue weighted by Gasteiger charge is -2.08. The second-order valence-electron chi connectivity index (χ2n) is 7.64. The Kier molecular flexibility index (Phi) is 5.47. The van der Waals surface area contributed by atoms with Gasteiger partial charge in [-0.15, -0.1) is 0 Å². The summed E-state index contributed by atoms with van der Waals surface area (Å²) >= 11 is 0. The third-order valence-corrected chi connectivity index (χ3v) is 5.39. The first-order chi connectivity index (χ1) is 16.5. The van der Waals surface area contributed by atoms with Crippen molar-refractivity contribution >= 4 is 22.5 Å². The third kappa shape index (κ3) is 4.21. The number of nitrogens with one attached hydrogen (secondary N) is 2. The molecule has 0 fully saturated rings. The highest BCUT2D eigenvalue weighted by atomic mass is 19.1. The van der Waals surface area contributed by atoms with E-state index in [2.05, 4.69) is 20.5 Å². The van der Waals surface area contributed by atoms with Crippen LogP contribution in [0.2, 0.25) is 0 Å². The van der Waals surface area contributed by atoms with E-state index in [1.165, 1.54) is 36.5 Å². The van der Waals surface area contributed by atoms with Gasteiger partial charge in [-0.25, -0.2) is 13.8 Å². The molecule has 1 amide bonds. The number of pyridine rings is 1.